The summed E-state index contributed by atoms with van der Waals surface area (Å²) in [4.78, 5) is 11.3. The predicted octanol–water partition coefficient (Wildman–Crippen LogP) is 4.73. The van der Waals surface area contributed by atoms with Crippen molar-refractivity contribution in [2.75, 3.05) is 5.75 Å². The van der Waals surface area contributed by atoms with E-state index in [1.54, 1.807) is 32.1 Å². The Bertz CT molecular complexity index is 519. The lowest BCUT2D eigenvalue weighted by atomic mass is 10.1. The number of hydrogen-bond acceptors (Lipinski definition) is 4. The minimum atomic E-state index is -0.939. The highest BCUT2D eigenvalue weighted by atomic mass is 32.2. The second kappa shape index (κ2) is 13.9. The number of carbonyl (C=O) groups is 1. The molecule has 22 heavy (non-hydrogen) atoms. The third-order valence-electron chi connectivity index (χ3n) is 2.26. The van der Waals surface area contributed by atoms with E-state index >= 15 is 0 Å². The molecule has 0 radical (unpaired) electrons. The number of nitrogens with one attached hydrogen (secondary N) is 1. The van der Waals surface area contributed by atoms with Gasteiger partial charge in [-0.2, -0.15) is 5.26 Å². The highest BCUT2D eigenvalue weighted by Gasteiger charge is 2.08. The van der Waals surface area contributed by atoms with Crippen LogP contribution in [0.15, 0.2) is 46.4 Å². The minimum Gasteiger partial charge on any atom is -0.477 e. The zero-order valence-corrected chi connectivity index (χ0v) is 14.5. The molecule has 0 aliphatic carbocycles. The molecule has 0 fully saturated rings. The van der Waals surface area contributed by atoms with Crippen molar-refractivity contribution in [1.29, 1.82) is 10.7 Å². The van der Waals surface area contributed by atoms with Gasteiger partial charge in [-0.1, -0.05) is 31.6 Å². The van der Waals surface area contributed by atoms with Gasteiger partial charge < -0.3 is 10.5 Å². The van der Waals surface area contributed by atoms with Crippen LogP contribution in [0, 0.1) is 16.7 Å². The molecule has 0 rings (SSSR count). The second-order valence-electron chi connectivity index (χ2n) is 4.04. The molecule has 0 aliphatic heterocycles. The molecule has 0 atom stereocenters. The molecule has 5 heteroatoms. The van der Waals surface area contributed by atoms with E-state index in [9.17, 15) is 4.79 Å². The van der Waals surface area contributed by atoms with Crippen LogP contribution in [-0.4, -0.2) is 23.0 Å². The normalized spacial score (nSPS) is 10.7. The standard InChI is InChI=1S/C15H18N2O2S.C2H6/c1-4-6-12(9-16)13(10-17)7-5-8-20-14(11(2)3)15(18)19;1-2/h4-5,7,9,16H,1,6,8H2,2-3H3,(H,18,19);1-2H3/b7-5+,13-12+,16-9?;. The van der Waals surface area contributed by atoms with E-state index in [4.69, 9.17) is 15.8 Å². The molecule has 0 saturated carbocycles. The molecule has 0 aromatic rings. The van der Waals surface area contributed by atoms with Crippen LogP contribution in [0.25, 0.3) is 0 Å². The van der Waals surface area contributed by atoms with Crippen molar-refractivity contribution in [3.8, 4) is 6.07 Å². The van der Waals surface area contributed by atoms with Gasteiger partial charge in [-0.15, -0.1) is 18.3 Å². The maximum absolute atomic E-state index is 11.0. The van der Waals surface area contributed by atoms with Crippen molar-refractivity contribution in [2.45, 2.75) is 34.1 Å². The van der Waals surface area contributed by atoms with Crippen LogP contribution in [-0.2, 0) is 4.79 Å². The predicted molar refractivity (Wildman–Crippen MR) is 95.2 cm³/mol. The number of thioether (sulfide) groups is 1. The van der Waals surface area contributed by atoms with Crippen LogP contribution in [0.1, 0.15) is 34.1 Å². The zero-order valence-electron chi connectivity index (χ0n) is 13.6. The van der Waals surface area contributed by atoms with Crippen molar-refractivity contribution in [1.82, 2.24) is 0 Å². The fourth-order valence-corrected chi connectivity index (χ4v) is 2.11. The van der Waals surface area contributed by atoms with Gasteiger partial charge in [0.1, 0.15) is 0 Å². The molecule has 120 valence electrons. The Morgan fingerprint density at radius 1 is 1.41 bits per heavy atom. The number of carboxylic acid groups (broad SMARTS) is 1. The number of hydrogen-bond donors (Lipinski definition) is 2. The van der Waals surface area contributed by atoms with E-state index in [0.29, 0.717) is 28.2 Å². The number of carboxylic acids is 1. The summed E-state index contributed by atoms with van der Waals surface area (Å²) >= 11 is 1.21. The molecule has 0 aromatic carbocycles. The summed E-state index contributed by atoms with van der Waals surface area (Å²) in [5.41, 5.74) is 1.73. The lowest BCUT2D eigenvalue weighted by Crippen LogP contribution is -1.99. The maximum Gasteiger partial charge on any atom is 0.342 e. The molecule has 0 unspecified atom stereocenters. The van der Waals surface area contributed by atoms with Crippen LogP contribution in [0.4, 0.5) is 0 Å². The van der Waals surface area contributed by atoms with Gasteiger partial charge in [0, 0.05) is 12.0 Å². The number of aliphatic carboxylic acids is 1. The third kappa shape index (κ3) is 8.98. The van der Waals surface area contributed by atoms with Gasteiger partial charge in [0.25, 0.3) is 0 Å². The Hall–Kier alpha value is -2.06. The fraction of sp³-hybridized carbons (Fsp3) is 0.353. The molecule has 0 spiro atoms. The van der Waals surface area contributed by atoms with Gasteiger partial charge in [-0.25, -0.2) is 4.79 Å². The van der Waals surface area contributed by atoms with Gasteiger partial charge in [0.05, 0.1) is 16.5 Å². The monoisotopic (exact) mass is 320 g/mol. The van der Waals surface area contributed by atoms with E-state index < -0.39 is 5.97 Å². The summed E-state index contributed by atoms with van der Waals surface area (Å²) in [5, 5.41) is 25.3. The number of allylic oxidation sites excluding steroid dienone is 5. The van der Waals surface area contributed by atoms with Gasteiger partial charge in [-0.3, -0.25) is 0 Å². The third-order valence-corrected chi connectivity index (χ3v) is 3.49. The van der Waals surface area contributed by atoms with Crippen molar-refractivity contribution >= 4 is 23.9 Å². The van der Waals surface area contributed by atoms with E-state index in [2.05, 4.69) is 6.58 Å². The van der Waals surface area contributed by atoms with E-state index in [0.717, 1.165) is 11.8 Å². The average Bonchev–Trinajstić information content (AvgIpc) is 2.50. The Labute approximate surface area is 137 Å². The molecule has 0 aliphatic rings. The highest BCUT2D eigenvalue weighted by Crippen LogP contribution is 2.20. The quantitative estimate of drug-likeness (QED) is 0.223. The van der Waals surface area contributed by atoms with Crippen LogP contribution in [0.5, 0.6) is 0 Å². The zero-order chi connectivity index (χ0) is 17.5. The van der Waals surface area contributed by atoms with Crippen molar-refractivity contribution < 1.29 is 9.90 Å². The summed E-state index contributed by atoms with van der Waals surface area (Å²) < 4.78 is 0. The Morgan fingerprint density at radius 3 is 2.36 bits per heavy atom. The minimum absolute atomic E-state index is 0.315. The average molecular weight is 320 g/mol. The maximum atomic E-state index is 11.0. The Balaban J connectivity index is 0. The first-order chi connectivity index (χ1) is 10.5. The first kappa shape index (κ1) is 22.2. The van der Waals surface area contributed by atoms with Crippen LogP contribution in [0.2, 0.25) is 0 Å². The molecule has 0 aromatic heterocycles. The molecule has 4 nitrogen and oxygen atoms in total. The molecule has 0 amide bonds. The van der Waals surface area contributed by atoms with Crippen molar-refractivity contribution in [3.63, 3.8) is 0 Å². The summed E-state index contributed by atoms with van der Waals surface area (Å²) in [6.07, 6.45) is 6.56. The Kier molecular flexibility index (Phi) is 14.0. The summed E-state index contributed by atoms with van der Waals surface area (Å²) in [7, 11) is 0. The van der Waals surface area contributed by atoms with E-state index in [1.165, 1.54) is 11.8 Å². The molecular weight excluding hydrogens is 296 g/mol. The highest BCUT2D eigenvalue weighted by molar-refractivity contribution is 8.04. The van der Waals surface area contributed by atoms with Crippen molar-refractivity contribution in [3.05, 3.63) is 46.4 Å². The molecule has 0 bridgehead atoms. The van der Waals surface area contributed by atoms with Gasteiger partial charge in [-0.05, 0) is 31.9 Å². The largest absolute Gasteiger partial charge is 0.477 e. The first-order valence-electron chi connectivity index (χ1n) is 6.92. The lowest BCUT2D eigenvalue weighted by Gasteiger charge is -2.02. The van der Waals surface area contributed by atoms with Gasteiger partial charge >= 0.3 is 5.97 Å². The number of rotatable bonds is 8. The van der Waals surface area contributed by atoms with Crippen LogP contribution < -0.4 is 0 Å². The summed E-state index contributed by atoms with van der Waals surface area (Å²) in [6, 6.07) is 2.03. The number of nitrogens with zero attached hydrogens (tertiary/aromatic N) is 1. The second-order valence-corrected chi connectivity index (χ2v) is 5.07. The molecule has 2 N–H and O–H groups in total. The number of nitriles is 1. The van der Waals surface area contributed by atoms with Gasteiger partial charge in [0.15, 0.2) is 0 Å². The summed E-state index contributed by atoms with van der Waals surface area (Å²) in [6.45, 7) is 11.1. The molecule has 0 saturated heterocycles. The SMILES string of the molecule is C=CC/C(C=N)=C(C#N)/C=C/CSC(C(=O)O)=C(C)C.CC. The lowest BCUT2D eigenvalue weighted by molar-refractivity contribution is -0.131. The topological polar surface area (TPSA) is 84.9 Å². The van der Waals surface area contributed by atoms with E-state index in [-0.39, 0.29) is 0 Å². The van der Waals surface area contributed by atoms with Crippen LogP contribution in [0.3, 0.4) is 0 Å². The molecular formula is C17H24N2O2S. The fourth-order valence-electron chi connectivity index (χ4n) is 1.34. The van der Waals surface area contributed by atoms with E-state index in [1.807, 2.05) is 19.9 Å². The molecule has 0 heterocycles. The van der Waals surface area contributed by atoms with Crippen LogP contribution >= 0.6 is 11.8 Å². The Morgan fingerprint density at radius 2 is 2.00 bits per heavy atom. The smallest absolute Gasteiger partial charge is 0.342 e. The first-order valence-corrected chi connectivity index (χ1v) is 7.91. The summed E-state index contributed by atoms with van der Waals surface area (Å²) in [5.74, 6) is -0.483. The van der Waals surface area contributed by atoms with Gasteiger partial charge in [0.2, 0.25) is 0 Å². The van der Waals surface area contributed by atoms with Crippen molar-refractivity contribution in [2.24, 2.45) is 0 Å².